The molecule has 94 valence electrons. The van der Waals surface area contributed by atoms with Crippen LogP contribution in [-0.4, -0.2) is 17.8 Å². The van der Waals surface area contributed by atoms with Gasteiger partial charge in [-0.2, -0.15) is 0 Å². The van der Waals surface area contributed by atoms with Crippen molar-refractivity contribution >= 4 is 0 Å². The Hall–Kier alpha value is -0.860. The predicted octanol–water partition coefficient (Wildman–Crippen LogP) is 2.77. The zero-order valence-corrected chi connectivity index (χ0v) is 10.6. The Morgan fingerprint density at radius 3 is 2.41 bits per heavy atom. The summed E-state index contributed by atoms with van der Waals surface area (Å²) in [7, 11) is 0. The summed E-state index contributed by atoms with van der Waals surface area (Å²) in [5.41, 5.74) is 8.87. The zero-order chi connectivity index (χ0) is 12.3. The third kappa shape index (κ3) is 3.08. The van der Waals surface area contributed by atoms with Gasteiger partial charge >= 0.3 is 0 Å². The van der Waals surface area contributed by atoms with Gasteiger partial charge < -0.3 is 10.8 Å². The molecule has 0 spiro atoms. The molecule has 0 saturated heterocycles. The molecule has 0 heterocycles. The molecule has 2 atom stereocenters. The van der Waals surface area contributed by atoms with Crippen LogP contribution in [0.3, 0.4) is 0 Å². The molecule has 1 aliphatic rings. The lowest BCUT2D eigenvalue weighted by Crippen LogP contribution is -2.28. The Labute approximate surface area is 104 Å². The molecule has 0 aliphatic heterocycles. The molecule has 0 radical (unpaired) electrons. The largest absolute Gasteiger partial charge is 0.396 e. The zero-order valence-electron chi connectivity index (χ0n) is 10.6. The van der Waals surface area contributed by atoms with Crippen molar-refractivity contribution in [3.8, 4) is 0 Å². The molecule has 0 bridgehead atoms. The molecule has 2 unspecified atom stereocenters. The van der Waals surface area contributed by atoms with Crippen LogP contribution in [0.15, 0.2) is 24.3 Å². The van der Waals surface area contributed by atoms with Crippen LogP contribution < -0.4 is 5.73 Å². The molecule has 1 aromatic carbocycles. The van der Waals surface area contributed by atoms with Gasteiger partial charge in [0.25, 0.3) is 0 Å². The number of aliphatic hydroxyl groups excluding tert-OH is 1. The van der Waals surface area contributed by atoms with Gasteiger partial charge in [-0.15, -0.1) is 0 Å². The van der Waals surface area contributed by atoms with Crippen molar-refractivity contribution in [1.29, 1.82) is 0 Å². The standard InChI is InChI=1S/C15H23NO/c1-2-15(16)14(9-10-17)13-7-5-12(6-8-13)11-3-4-11/h5-8,11,14-15,17H,2-4,9-10,16H2,1H3. The van der Waals surface area contributed by atoms with Crippen LogP contribution in [-0.2, 0) is 0 Å². The molecule has 2 heteroatoms. The topological polar surface area (TPSA) is 46.2 Å². The van der Waals surface area contributed by atoms with E-state index in [4.69, 9.17) is 10.8 Å². The van der Waals surface area contributed by atoms with E-state index in [0.29, 0.717) is 5.92 Å². The van der Waals surface area contributed by atoms with E-state index in [-0.39, 0.29) is 12.6 Å². The predicted molar refractivity (Wildman–Crippen MR) is 71.1 cm³/mol. The SMILES string of the molecule is CCC(N)C(CCO)c1ccc(C2CC2)cc1. The van der Waals surface area contributed by atoms with E-state index in [2.05, 4.69) is 31.2 Å². The Bertz CT molecular complexity index is 342. The first-order chi connectivity index (χ1) is 8.26. The Kier molecular flexibility index (Phi) is 4.19. The first-order valence-electron chi connectivity index (χ1n) is 6.72. The van der Waals surface area contributed by atoms with Crippen LogP contribution in [0, 0.1) is 0 Å². The fourth-order valence-electron chi connectivity index (χ4n) is 2.48. The second-order valence-electron chi connectivity index (χ2n) is 5.13. The highest BCUT2D eigenvalue weighted by molar-refractivity contribution is 5.30. The van der Waals surface area contributed by atoms with Gasteiger partial charge in [-0.25, -0.2) is 0 Å². The van der Waals surface area contributed by atoms with E-state index >= 15 is 0 Å². The van der Waals surface area contributed by atoms with Crippen molar-refractivity contribution in [2.45, 2.75) is 50.5 Å². The second-order valence-corrected chi connectivity index (χ2v) is 5.13. The van der Waals surface area contributed by atoms with Gasteiger partial charge in [0.15, 0.2) is 0 Å². The van der Waals surface area contributed by atoms with Crippen molar-refractivity contribution in [3.05, 3.63) is 35.4 Å². The maximum Gasteiger partial charge on any atom is 0.0437 e. The van der Waals surface area contributed by atoms with Crippen LogP contribution in [0.25, 0.3) is 0 Å². The molecule has 17 heavy (non-hydrogen) atoms. The molecule has 2 rings (SSSR count). The summed E-state index contributed by atoms with van der Waals surface area (Å²) in [6.07, 6.45) is 4.40. The minimum Gasteiger partial charge on any atom is -0.396 e. The van der Waals surface area contributed by atoms with Crippen LogP contribution in [0.2, 0.25) is 0 Å². The molecule has 0 aromatic heterocycles. The molecule has 1 aromatic rings. The number of rotatable bonds is 6. The quantitative estimate of drug-likeness (QED) is 0.793. The highest BCUT2D eigenvalue weighted by Gasteiger charge is 2.24. The first kappa shape index (κ1) is 12.6. The number of benzene rings is 1. The minimum absolute atomic E-state index is 0.147. The van der Waals surface area contributed by atoms with Gasteiger partial charge in [-0.05, 0) is 42.7 Å². The number of hydrogen-bond acceptors (Lipinski definition) is 2. The van der Waals surface area contributed by atoms with Crippen molar-refractivity contribution < 1.29 is 5.11 Å². The van der Waals surface area contributed by atoms with E-state index < -0.39 is 0 Å². The van der Waals surface area contributed by atoms with Crippen LogP contribution in [0.4, 0.5) is 0 Å². The summed E-state index contributed by atoms with van der Waals surface area (Å²) in [5, 5.41) is 9.14. The lowest BCUT2D eigenvalue weighted by Gasteiger charge is -2.22. The third-order valence-electron chi connectivity index (χ3n) is 3.84. The second kappa shape index (κ2) is 5.65. The van der Waals surface area contributed by atoms with Gasteiger partial charge in [0.05, 0.1) is 0 Å². The maximum atomic E-state index is 9.14. The molecule has 1 aliphatic carbocycles. The summed E-state index contributed by atoms with van der Waals surface area (Å²) >= 11 is 0. The summed E-state index contributed by atoms with van der Waals surface area (Å²) < 4.78 is 0. The van der Waals surface area contributed by atoms with Gasteiger partial charge in [0, 0.05) is 18.6 Å². The lowest BCUT2D eigenvalue weighted by molar-refractivity contribution is 0.266. The average Bonchev–Trinajstić information content (AvgIpc) is 3.20. The average molecular weight is 233 g/mol. The fourth-order valence-corrected chi connectivity index (χ4v) is 2.48. The van der Waals surface area contributed by atoms with E-state index in [1.165, 1.54) is 24.0 Å². The van der Waals surface area contributed by atoms with E-state index in [9.17, 15) is 0 Å². The van der Waals surface area contributed by atoms with Crippen LogP contribution in [0.1, 0.15) is 55.6 Å². The summed E-state index contributed by atoms with van der Waals surface area (Å²) in [6, 6.07) is 9.01. The molecule has 3 N–H and O–H groups in total. The summed E-state index contributed by atoms with van der Waals surface area (Å²) in [5.74, 6) is 1.10. The van der Waals surface area contributed by atoms with Crippen molar-refractivity contribution in [2.24, 2.45) is 5.73 Å². The summed E-state index contributed by atoms with van der Waals surface area (Å²) in [6.45, 7) is 2.32. The van der Waals surface area contributed by atoms with Crippen molar-refractivity contribution in [3.63, 3.8) is 0 Å². The smallest absolute Gasteiger partial charge is 0.0437 e. The van der Waals surface area contributed by atoms with E-state index in [1.807, 2.05) is 0 Å². The molecule has 1 saturated carbocycles. The third-order valence-corrected chi connectivity index (χ3v) is 3.84. The molecule has 0 amide bonds. The van der Waals surface area contributed by atoms with Crippen molar-refractivity contribution in [2.75, 3.05) is 6.61 Å². The molecular weight excluding hydrogens is 210 g/mol. The number of nitrogens with two attached hydrogens (primary N) is 1. The summed E-state index contributed by atoms with van der Waals surface area (Å²) in [4.78, 5) is 0. The van der Waals surface area contributed by atoms with Crippen LogP contribution >= 0.6 is 0 Å². The van der Waals surface area contributed by atoms with Gasteiger partial charge in [-0.1, -0.05) is 31.2 Å². The monoisotopic (exact) mass is 233 g/mol. The van der Waals surface area contributed by atoms with Gasteiger partial charge in [0.2, 0.25) is 0 Å². The number of hydrogen-bond donors (Lipinski definition) is 2. The van der Waals surface area contributed by atoms with Crippen molar-refractivity contribution in [1.82, 2.24) is 0 Å². The highest BCUT2D eigenvalue weighted by atomic mass is 16.3. The van der Waals surface area contributed by atoms with E-state index in [0.717, 1.165) is 18.8 Å². The molecule has 1 fully saturated rings. The van der Waals surface area contributed by atoms with Crippen LogP contribution in [0.5, 0.6) is 0 Å². The lowest BCUT2D eigenvalue weighted by atomic mass is 9.87. The van der Waals surface area contributed by atoms with E-state index in [1.54, 1.807) is 0 Å². The highest BCUT2D eigenvalue weighted by Crippen LogP contribution is 2.40. The van der Waals surface area contributed by atoms with Gasteiger partial charge in [0.1, 0.15) is 0 Å². The first-order valence-corrected chi connectivity index (χ1v) is 6.72. The number of aliphatic hydroxyl groups is 1. The minimum atomic E-state index is 0.147. The normalized spacial score (nSPS) is 19.0. The Morgan fingerprint density at radius 2 is 1.94 bits per heavy atom. The van der Waals surface area contributed by atoms with Gasteiger partial charge in [-0.3, -0.25) is 0 Å². The molecular formula is C15H23NO. The Balaban J connectivity index is 2.11. The Morgan fingerprint density at radius 1 is 1.29 bits per heavy atom. The molecule has 2 nitrogen and oxygen atoms in total. The fraction of sp³-hybridized carbons (Fsp3) is 0.600. The maximum absolute atomic E-state index is 9.14.